The summed E-state index contributed by atoms with van der Waals surface area (Å²) in [5.74, 6) is 1.78. The zero-order valence-corrected chi connectivity index (χ0v) is 85.5. The zero-order chi connectivity index (χ0) is 93.4. The number of rotatable bonds is 38. The van der Waals surface area contributed by atoms with Gasteiger partial charge in [-0.1, -0.05) is 176 Å². The lowest BCUT2D eigenvalue weighted by atomic mass is 9.79. The molecule has 0 amide bonds. The van der Waals surface area contributed by atoms with Gasteiger partial charge in [-0.3, -0.25) is 9.59 Å². The summed E-state index contributed by atoms with van der Waals surface area (Å²) in [6, 6.07) is 0. The van der Waals surface area contributed by atoms with E-state index in [2.05, 4.69) is 203 Å². The lowest BCUT2D eigenvalue weighted by Gasteiger charge is -2.52. The van der Waals surface area contributed by atoms with Gasteiger partial charge in [0.2, 0.25) is 0 Å². The number of esters is 1. The molecule has 24 heteroatoms. The number of carbonyl (C=O) groups excluding carboxylic acids is 4. The van der Waals surface area contributed by atoms with Crippen molar-refractivity contribution in [1.29, 1.82) is 0 Å². The van der Waals surface area contributed by atoms with Gasteiger partial charge < -0.3 is 80.3 Å². The number of ether oxygens (including phenoxy) is 12. The van der Waals surface area contributed by atoms with E-state index in [1.165, 1.54) is 12.7 Å². The average molecular weight is 1820 g/mol. The van der Waals surface area contributed by atoms with Crippen LogP contribution in [0.15, 0.2) is 86.1 Å². The number of aliphatic hydroxyl groups is 2. The first-order valence-electron chi connectivity index (χ1n) is 48.6. The maximum atomic E-state index is 13.9. The first-order chi connectivity index (χ1) is 58.9. The van der Waals surface area contributed by atoms with Crippen LogP contribution in [0.1, 0.15) is 259 Å². The summed E-state index contributed by atoms with van der Waals surface area (Å²) >= 11 is 0. The minimum atomic E-state index is -2.33. The normalized spacial score (nSPS) is 38.6. The summed E-state index contributed by atoms with van der Waals surface area (Å²) in [4.78, 5) is 42.9. The molecule has 2 N–H and O–H groups in total. The fourth-order valence-corrected chi connectivity index (χ4v) is 24.8. The number of ketones is 1. The molecule has 0 spiro atoms. The van der Waals surface area contributed by atoms with E-state index in [1.807, 2.05) is 18.2 Å². The second-order valence-electron chi connectivity index (χ2n) is 44.9. The standard InChI is InChI=1S/C61H110O10Si3.C40H62O9.CO2/c1-25-26-51-43(6)44(7)57(71-74(23,24)61(15,16)17)58(69-51)52(70-73(21,22)60(12,13)14)31-28-46(62)27-29-47-35-41(4)50(66-47)32-30-48-34-40(3)42(5)54(67-48)37-55-49(36-56(63)64-18)45(8)53(68-55)33-39(2)38-65-72(19,20)59(9,10)11;1-8-10-31-25(7)36-38-39(46-31)37-35(47-38)19-40(48-36,49-37)14-13-28-16-22(4)30(43-28)12-11-27-15-21(3)23(5)33(44-27)18-34-29(9-2)24(6)32(45-34)17-26(42)20-41;2-1-3/h25,28,31,39-40,43-45,47-55,57-58H,1,4-5,26-27,29-30,32-38H2,2-3,6-24H3;8,21,24-39,41-42H,1,4-5,9-20H2,2-3,6-7H3;/b31-28+;;/t39-,40+,43+,44-,45+,47-,48?,49+,50-,51-,52-,53+,54+,55-,57-,58-;21-,24-,25?,26+,27?,28+,29-,30+,31+,32-,33-,34+,35-,36+,37+,38+,39+,40-;/m01./s1. The predicted molar refractivity (Wildman–Crippen MR) is 502 cm³/mol. The summed E-state index contributed by atoms with van der Waals surface area (Å²) < 4.78 is 100. The number of carbonyl (C=O) groups is 2. The number of hydrogen-bond donors (Lipinski definition) is 2. The zero-order valence-electron chi connectivity index (χ0n) is 82.5. The van der Waals surface area contributed by atoms with Crippen LogP contribution in [0.2, 0.25) is 54.4 Å². The maximum absolute atomic E-state index is 13.9. The van der Waals surface area contributed by atoms with Gasteiger partial charge in [0, 0.05) is 57.0 Å². The fourth-order valence-electron chi connectivity index (χ4n) is 21.1. The van der Waals surface area contributed by atoms with Crippen LogP contribution in [-0.4, -0.2) is 220 Å². The fraction of sp³-hybridized carbons (Fsp3) is 0.833. The Hall–Kier alpha value is -3.29. The quantitative estimate of drug-likeness (QED) is 0.0252. The molecule has 0 aliphatic carbocycles. The summed E-state index contributed by atoms with van der Waals surface area (Å²) in [7, 11) is -4.96. The van der Waals surface area contributed by atoms with Gasteiger partial charge >= 0.3 is 12.1 Å². The van der Waals surface area contributed by atoms with E-state index in [0.717, 1.165) is 119 Å². The third-order valence-corrected chi connectivity index (χ3v) is 46.2. The Balaban J connectivity index is 0.000000296. The van der Waals surface area contributed by atoms with Gasteiger partial charge in [0.25, 0.3) is 0 Å². The van der Waals surface area contributed by atoms with Crippen molar-refractivity contribution in [2.75, 3.05) is 20.3 Å². The van der Waals surface area contributed by atoms with Crippen LogP contribution in [0.4, 0.5) is 0 Å². The molecular weight excluding hydrogens is 1650 g/mol. The van der Waals surface area contributed by atoms with Gasteiger partial charge in [-0.15, -0.1) is 13.2 Å². The highest BCUT2D eigenvalue weighted by molar-refractivity contribution is 6.75. The van der Waals surface area contributed by atoms with Crippen molar-refractivity contribution in [3.63, 3.8) is 0 Å². The smallest absolute Gasteiger partial charge is 0.373 e. The molecule has 12 rings (SSSR count). The first-order valence-corrected chi connectivity index (χ1v) is 57.3. The second-order valence-corrected chi connectivity index (χ2v) is 59.2. The van der Waals surface area contributed by atoms with Crippen LogP contribution in [0, 0.1) is 59.2 Å². The molecule has 718 valence electrons. The first kappa shape index (κ1) is 106. The van der Waals surface area contributed by atoms with Crippen LogP contribution in [0.3, 0.4) is 0 Å². The predicted octanol–water partition coefficient (Wildman–Crippen LogP) is 20.4. The van der Waals surface area contributed by atoms with Crippen molar-refractivity contribution in [2.45, 2.75) is 460 Å². The third-order valence-electron chi connectivity index (χ3n) is 32.7. The summed E-state index contributed by atoms with van der Waals surface area (Å²) in [5.41, 5.74) is 4.51. The highest BCUT2D eigenvalue weighted by atomic mass is 28.4. The van der Waals surface area contributed by atoms with E-state index < -0.39 is 42.9 Å². The third kappa shape index (κ3) is 26.2. The number of hydrogen-bond acceptors (Lipinski definition) is 21. The Bertz CT molecular complexity index is 3670. The van der Waals surface area contributed by atoms with Crippen LogP contribution < -0.4 is 0 Å². The molecule has 0 saturated carbocycles. The molecule has 12 saturated heterocycles. The van der Waals surface area contributed by atoms with Crippen molar-refractivity contribution < 1.29 is 99.5 Å². The Morgan fingerprint density at radius 1 is 0.571 bits per heavy atom. The van der Waals surface area contributed by atoms with Gasteiger partial charge in [-0.25, -0.2) is 0 Å². The molecule has 3 unspecified atom stereocenters. The van der Waals surface area contributed by atoms with Crippen LogP contribution >= 0.6 is 0 Å². The molecule has 0 aromatic carbocycles. The summed E-state index contributed by atoms with van der Waals surface area (Å²) in [6.45, 7) is 80.7. The lowest BCUT2D eigenvalue weighted by molar-refractivity contribution is -0.262. The molecule has 126 heavy (non-hydrogen) atoms. The Labute approximate surface area is 763 Å². The summed E-state index contributed by atoms with van der Waals surface area (Å²) in [5, 5.41) is 19.6. The van der Waals surface area contributed by atoms with E-state index in [0.29, 0.717) is 62.4 Å². The monoisotopic (exact) mass is 1820 g/mol. The molecule has 12 aliphatic rings. The minimum absolute atomic E-state index is 0.0145. The Kier molecular flexibility index (Phi) is 37.9. The second kappa shape index (κ2) is 44.9. The molecule has 12 heterocycles. The molecule has 0 aromatic rings. The molecule has 12 fully saturated rings. The van der Waals surface area contributed by atoms with Gasteiger partial charge in [0.1, 0.15) is 24.4 Å². The highest BCUT2D eigenvalue weighted by Crippen LogP contribution is 2.56. The van der Waals surface area contributed by atoms with Crippen molar-refractivity contribution >= 4 is 42.9 Å². The highest BCUT2D eigenvalue weighted by Gasteiger charge is 2.68. The van der Waals surface area contributed by atoms with Gasteiger partial charge in [-0.05, 0) is 214 Å². The Morgan fingerprint density at radius 3 is 1.58 bits per heavy atom. The Morgan fingerprint density at radius 2 is 1.06 bits per heavy atom. The van der Waals surface area contributed by atoms with E-state index in [-0.39, 0.29) is 203 Å². The molecule has 0 radical (unpaired) electrons. The summed E-state index contributed by atoms with van der Waals surface area (Å²) in [6.07, 6.45) is 21.6. The van der Waals surface area contributed by atoms with E-state index in [1.54, 1.807) is 6.08 Å². The van der Waals surface area contributed by atoms with Crippen molar-refractivity contribution in [1.82, 2.24) is 0 Å². The molecule has 21 nitrogen and oxygen atoms in total. The number of allylic oxidation sites excluding steroid dienone is 1. The number of aliphatic hydroxyl groups excluding tert-OH is 2. The van der Waals surface area contributed by atoms with E-state index >= 15 is 0 Å². The lowest BCUT2D eigenvalue weighted by Crippen LogP contribution is -2.60. The van der Waals surface area contributed by atoms with Crippen molar-refractivity contribution in [3.8, 4) is 0 Å². The van der Waals surface area contributed by atoms with E-state index in [9.17, 15) is 19.8 Å². The molecule has 12 aliphatic heterocycles. The average Bonchev–Trinajstić information content (AvgIpc) is 1.55. The van der Waals surface area contributed by atoms with Crippen molar-refractivity contribution in [3.05, 3.63) is 86.1 Å². The minimum Gasteiger partial charge on any atom is -0.469 e. The number of methoxy groups -OCH3 is 1. The topological polar surface area (TPSA) is 247 Å². The molecular formula is C102H172O21Si3. The van der Waals surface area contributed by atoms with Gasteiger partial charge in [0.15, 0.2) is 36.5 Å². The van der Waals surface area contributed by atoms with Gasteiger partial charge in [-0.2, -0.15) is 9.59 Å². The van der Waals surface area contributed by atoms with Gasteiger partial charge in [0.05, 0.1) is 136 Å². The van der Waals surface area contributed by atoms with Crippen LogP contribution in [0.25, 0.3) is 0 Å². The largest absolute Gasteiger partial charge is 0.469 e. The van der Waals surface area contributed by atoms with Crippen LogP contribution in [-0.2, 0) is 89.3 Å². The maximum Gasteiger partial charge on any atom is 0.373 e. The SMILES string of the molecule is C=CC[C@@H]1O[C@@H]([C@H](/C=C/C(=O)CC[C@H]2CC(=C)[C@H](CCC3C[C@@H](C)C(=C)[C@@H](C[C@@H]4O[C@H](C[C@H](C)CO[Si](C)(C)C(C)(C)C)[C@H](C)[C@H]4CC(=O)OC)O3)O2)O[Si](C)(C)C(C)(C)C)[C@@H](O[Si](C)(C)C(C)(C)C)[C@@H](C)[C@H]1C.C=CC[C@@H]1O[C@H]2[C@H]3O[C@]4(CC[C@H]5CC(=C)[C@H](CCC6C[C@@H](C)C(=C)[C@@H](C[C@@H]7O[C@H](C[C@H](O)CO)[C@H](C)[C@H]7CC)O6)O5)C[C@H]3O[C@H]2[C@@H](O4)C1C.O=C=O. The van der Waals surface area contributed by atoms with Crippen molar-refractivity contribution in [2.24, 2.45) is 59.2 Å². The molecule has 6 bridgehead atoms. The molecule has 0 aromatic heterocycles. The van der Waals surface area contributed by atoms with Crippen LogP contribution in [0.5, 0.6) is 0 Å². The van der Waals surface area contributed by atoms with E-state index in [4.69, 9.17) is 79.7 Å². The molecule has 34 atom stereocenters.